The van der Waals surface area contributed by atoms with E-state index in [9.17, 15) is 9.18 Å². The first-order chi connectivity index (χ1) is 7.70. The number of carbonyl (C=O) groups excluding carboxylic acids is 1. The second-order valence-corrected chi connectivity index (χ2v) is 3.13. The van der Waals surface area contributed by atoms with Gasteiger partial charge in [0, 0.05) is 19.3 Å². The molecule has 0 aromatic carbocycles. The van der Waals surface area contributed by atoms with Gasteiger partial charge in [0.1, 0.15) is 0 Å². The second kappa shape index (κ2) is 5.80. The average molecular weight is 220 g/mol. The maximum atomic E-state index is 13.3. The number of amides is 1. The van der Waals surface area contributed by atoms with E-state index in [0.717, 1.165) is 0 Å². The highest BCUT2D eigenvalue weighted by Gasteiger charge is 2.17. The maximum Gasteiger partial charge on any atom is 0.259 e. The molecule has 4 heteroatoms. The van der Waals surface area contributed by atoms with Gasteiger partial charge in [-0.3, -0.25) is 4.79 Å². The van der Waals surface area contributed by atoms with Gasteiger partial charge in [-0.25, -0.2) is 4.98 Å². The lowest BCUT2D eigenvalue weighted by Gasteiger charge is -2.19. The summed E-state index contributed by atoms with van der Waals surface area (Å²) < 4.78 is 13.3. The quantitative estimate of drug-likeness (QED) is 0.562. The zero-order valence-electron chi connectivity index (χ0n) is 8.90. The van der Waals surface area contributed by atoms with E-state index >= 15 is 0 Å². The Bertz CT molecular complexity index is 394. The number of nitrogens with zero attached hydrogens (tertiary/aromatic N) is 2. The summed E-state index contributed by atoms with van der Waals surface area (Å²) in [6, 6.07) is 2.93. The molecule has 0 aliphatic heterocycles. The molecule has 3 nitrogen and oxygen atoms in total. The highest BCUT2D eigenvalue weighted by atomic mass is 19.1. The Morgan fingerprint density at radius 3 is 2.56 bits per heavy atom. The van der Waals surface area contributed by atoms with Crippen LogP contribution in [0, 0.1) is 5.95 Å². The van der Waals surface area contributed by atoms with Crippen molar-refractivity contribution in [1.82, 2.24) is 9.88 Å². The number of hydrogen-bond donors (Lipinski definition) is 0. The van der Waals surface area contributed by atoms with E-state index in [1.165, 1.54) is 23.2 Å². The smallest absolute Gasteiger partial charge is 0.259 e. The standard InChI is InChI=1S/C12H13FN2O/c1-3-8-15(9-4-2)12(16)10-6-5-7-14-11(10)13/h3-7H,1-2,8-9H2. The Hall–Kier alpha value is -1.97. The molecule has 0 aliphatic carbocycles. The molecule has 1 aromatic heterocycles. The highest BCUT2D eigenvalue weighted by molar-refractivity contribution is 5.94. The maximum absolute atomic E-state index is 13.3. The van der Waals surface area contributed by atoms with Crippen LogP contribution in [0.4, 0.5) is 4.39 Å². The first-order valence-electron chi connectivity index (χ1n) is 4.82. The van der Waals surface area contributed by atoms with Crippen molar-refractivity contribution in [2.75, 3.05) is 13.1 Å². The lowest BCUT2D eigenvalue weighted by molar-refractivity contribution is 0.0785. The van der Waals surface area contributed by atoms with Crippen molar-refractivity contribution in [1.29, 1.82) is 0 Å². The Morgan fingerprint density at radius 2 is 2.06 bits per heavy atom. The summed E-state index contributed by atoms with van der Waals surface area (Å²) in [5.74, 6) is -1.17. The van der Waals surface area contributed by atoms with Gasteiger partial charge in [0.05, 0.1) is 5.56 Å². The summed E-state index contributed by atoms with van der Waals surface area (Å²) >= 11 is 0. The molecular weight excluding hydrogens is 207 g/mol. The third-order valence-electron chi connectivity index (χ3n) is 1.98. The molecule has 0 unspecified atom stereocenters. The van der Waals surface area contributed by atoms with Crippen LogP contribution in [0.3, 0.4) is 0 Å². The van der Waals surface area contributed by atoms with Crippen molar-refractivity contribution < 1.29 is 9.18 Å². The van der Waals surface area contributed by atoms with Crippen LogP contribution < -0.4 is 0 Å². The van der Waals surface area contributed by atoms with Gasteiger partial charge in [0.15, 0.2) is 0 Å². The molecule has 0 radical (unpaired) electrons. The first kappa shape index (κ1) is 12.1. The fourth-order valence-electron chi connectivity index (χ4n) is 1.27. The molecule has 1 aromatic rings. The number of hydrogen-bond acceptors (Lipinski definition) is 2. The molecule has 0 aliphatic rings. The van der Waals surface area contributed by atoms with Gasteiger partial charge in [-0.1, -0.05) is 12.2 Å². The van der Waals surface area contributed by atoms with Gasteiger partial charge in [0.2, 0.25) is 5.95 Å². The van der Waals surface area contributed by atoms with E-state index in [1.54, 1.807) is 12.2 Å². The molecule has 0 atom stereocenters. The zero-order valence-corrected chi connectivity index (χ0v) is 8.90. The van der Waals surface area contributed by atoms with Crippen LogP contribution in [-0.4, -0.2) is 28.9 Å². The van der Waals surface area contributed by atoms with Crippen LogP contribution in [0.5, 0.6) is 0 Å². The Balaban J connectivity index is 2.94. The monoisotopic (exact) mass is 220 g/mol. The molecule has 16 heavy (non-hydrogen) atoms. The summed E-state index contributed by atoms with van der Waals surface area (Å²) in [7, 11) is 0. The minimum Gasteiger partial charge on any atom is -0.331 e. The molecule has 1 heterocycles. The van der Waals surface area contributed by atoms with Crippen molar-refractivity contribution in [3.05, 3.63) is 55.2 Å². The van der Waals surface area contributed by atoms with Crippen LogP contribution in [0.2, 0.25) is 0 Å². The topological polar surface area (TPSA) is 33.2 Å². The molecule has 0 N–H and O–H groups in total. The van der Waals surface area contributed by atoms with Crippen molar-refractivity contribution in [2.45, 2.75) is 0 Å². The van der Waals surface area contributed by atoms with E-state index in [2.05, 4.69) is 18.1 Å². The van der Waals surface area contributed by atoms with Gasteiger partial charge in [0.25, 0.3) is 5.91 Å². The summed E-state index contributed by atoms with van der Waals surface area (Å²) in [5.41, 5.74) is -0.0359. The largest absolute Gasteiger partial charge is 0.331 e. The normalized spacial score (nSPS) is 9.56. The third kappa shape index (κ3) is 2.76. The van der Waals surface area contributed by atoms with E-state index in [-0.39, 0.29) is 5.56 Å². The highest BCUT2D eigenvalue weighted by Crippen LogP contribution is 2.07. The number of carbonyl (C=O) groups is 1. The van der Waals surface area contributed by atoms with Crippen LogP contribution in [0.1, 0.15) is 10.4 Å². The van der Waals surface area contributed by atoms with E-state index in [1.807, 2.05) is 0 Å². The minimum absolute atomic E-state index is 0.0359. The second-order valence-electron chi connectivity index (χ2n) is 3.13. The SMILES string of the molecule is C=CCN(CC=C)C(=O)c1cccnc1F. The van der Waals surface area contributed by atoms with Gasteiger partial charge < -0.3 is 4.90 Å². The summed E-state index contributed by atoms with van der Waals surface area (Å²) in [6.07, 6.45) is 4.46. The Kier molecular flexibility index (Phi) is 4.39. The first-order valence-corrected chi connectivity index (χ1v) is 4.82. The van der Waals surface area contributed by atoms with Crippen molar-refractivity contribution in [3.63, 3.8) is 0 Å². The predicted molar refractivity (Wildman–Crippen MR) is 60.5 cm³/mol. The Morgan fingerprint density at radius 1 is 1.44 bits per heavy atom. The van der Waals surface area contributed by atoms with Crippen LogP contribution >= 0.6 is 0 Å². The molecule has 84 valence electrons. The van der Waals surface area contributed by atoms with E-state index < -0.39 is 11.9 Å². The molecule has 1 rings (SSSR count). The predicted octanol–water partition coefficient (Wildman–Crippen LogP) is 2.03. The lowest BCUT2D eigenvalue weighted by atomic mass is 10.2. The van der Waals surface area contributed by atoms with Gasteiger partial charge in [-0.15, -0.1) is 13.2 Å². The lowest BCUT2D eigenvalue weighted by Crippen LogP contribution is -2.32. The molecule has 1 amide bonds. The van der Waals surface area contributed by atoms with Crippen molar-refractivity contribution in [2.24, 2.45) is 0 Å². The molecule has 0 spiro atoms. The van der Waals surface area contributed by atoms with Crippen LogP contribution in [-0.2, 0) is 0 Å². The zero-order chi connectivity index (χ0) is 12.0. The molecular formula is C12H13FN2O. The summed E-state index contributed by atoms with van der Waals surface area (Å²) in [5, 5.41) is 0. The molecule has 0 saturated carbocycles. The number of halogens is 1. The van der Waals surface area contributed by atoms with Gasteiger partial charge in [-0.2, -0.15) is 4.39 Å². The Labute approximate surface area is 93.9 Å². The third-order valence-corrected chi connectivity index (χ3v) is 1.98. The van der Waals surface area contributed by atoms with Crippen molar-refractivity contribution in [3.8, 4) is 0 Å². The molecule has 0 saturated heterocycles. The number of rotatable bonds is 5. The molecule has 0 fully saturated rings. The van der Waals surface area contributed by atoms with Crippen LogP contribution in [0.25, 0.3) is 0 Å². The van der Waals surface area contributed by atoms with Crippen LogP contribution in [0.15, 0.2) is 43.6 Å². The average Bonchev–Trinajstić information content (AvgIpc) is 2.28. The fraction of sp³-hybridized carbons (Fsp3) is 0.167. The summed E-state index contributed by atoms with van der Waals surface area (Å²) in [6.45, 7) is 7.78. The fourth-order valence-corrected chi connectivity index (χ4v) is 1.27. The van der Waals surface area contributed by atoms with Crippen molar-refractivity contribution >= 4 is 5.91 Å². The van der Waals surface area contributed by atoms with E-state index in [4.69, 9.17) is 0 Å². The molecule has 0 bridgehead atoms. The van der Waals surface area contributed by atoms with E-state index in [0.29, 0.717) is 13.1 Å². The summed E-state index contributed by atoms with van der Waals surface area (Å²) in [4.78, 5) is 16.8. The van der Waals surface area contributed by atoms with Gasteiger partial charge in [-0.05, 0) is 12.1 Å². The van der Waals surface area contributed by atoms with Gasteiger partial charge >= 0.3 is 0 Å². The number of pyridine rings is 1. The minimum atomic E-state index is -0.759. The number of aromatic nitrogens is 1.